The zero-order valence-electron chi connectivity index (χ0n) is 23.0. The Morgan fingerprint density at radius 1 is 0.897 bits per heavy atom. The Labute approximate surface area is 232 Å². The lowest BCUT2D eigenvalue weighted by molar-refractivity contribution is 0.0746. The molecule has 2 aliphatic rings. The number of piperazine rings is 1. The molecule has 0 N–H and O–H groups in total. The Kier molecular flexibility index (Phi) is 7.89. The lowest BCUT2D eigenvalue weighted by Gasteiger charge is -2.37. The highest BCUT2D eigenvalue weighted by Gasteiger charge is 2.26. The summed E-state index contributed by atoms with van der Waals surface area (Å²) in [7, 11) is 0. The molecular formula is C34H36N4O. The molecule has 1 amide bonds. The third-order valence-corrected chi connectivity index (χ3v) is 8.35. The van der Waals surface area contributed by atoms with Gasteiger partial charge in [0.05, 0.1) is 11.3 Å². The van der Waals surface area contributed by atoms with Crippen molar-refractivity contribution in [3.8, 4) is 18.4 Å². The van der Waals surface area contributed by atoms with Gasteiger partial charge < -0.3 is 14.7 Å². The maximum Gasteiger partial charge on any atom is 0.254 e. The molecule has 0 aliphatic carbocycles. The van der Waals surface area contributed by atoms with Crippen LogP contribution in [0.5, 0.6) is 0 Å². The fourth-order valence-electron chi connectivity index (χ4n) is 6.01. The van der Waals surface area contributed by atoms with Gasteiger partial charge in [0.1, 0.15) is 6.07 Å². The molecule has 2 fully saturated rings. The fraction of sp³-hybridized carbons (Fsp3) is 0.353. The molecule has 0 saturated carbocycles. The van der Waals surface area contributed by atoms with Crippen LogP contribution in [-0.2, 0) is 6.42 Å². The smallest absolute Gasteiger partial charge is 0.254 e. The minimum atomic E-state index is 0.116. The van der Waals surface area contributed by atoms with Crippen LogP contribution < -0.4 is 9.80 Å². The summed E-state index contributed by atoms with van der Waals surface area (Å²) < 4.78 is 0. The summed E-state index contributed by atoms with van der Waals surface area (Å²) in [5, 5.41) is 9.47. The molecule has 39 heavy (non-hydrogen) atoms. The molecular weight excluding hydrogens is 480 g/mol. The van der Waals surface area contributed by atoms with Crippen LogP contribution in [0.15, 0.2) is 60.7 Å². The van der Waals surface area contributed by atoms with Gasteiger partial charge in [0.2, 0.25) is 0 Å². The van der Waals surface area contributed by atoms with E-state index in [9.17, 15) is 10.1 Å². The molecule has 0 atom stereocenters. The number of benzene rings is 3. The first-order valence-corrected chi connectivity index (χ1v) is 13.9. The summed E-state index contributed by atoms with van der Waals surface area (Å²) in [5.41, 5.74) is 8.20. The van der Waals surface area contributed by atoms with E-state index in [1.807, 2.05) is 48.2 Å². The van der Waals surface area contributed by atoms with Gasteiger partial charge in [0.25, 0.3) is 5.91 Å². The van der Waals surface area contributed by atoms with Crippen LogP contribution in [-0.4, -0.2) is 50.1 Å². The number of rotatable bonds is 5. The minimum Gasteiger partial charge on any atom is -0.371 e. The van der Waals surface area contributed by atoms with Crippen LogP contribution in [0.1, 0.15) is 51.0 Å². The molecule has 5 rings (SSSR count). The Bertz CT molecular complexity index is 1430. The summed E-state index contributed by atoms with van der Waals surface area (Å²) in [6.07, 6.45) is 8.85. The summed E-state index contributed by atoms with van der Waals surface area (Å²) in [4.78, 5) is 20.2. The molecule has 5 heteroatoms. The third kappa shape index (κ3) is 5.79. The van der Waals surface area contributed by atoms with E-state index in [0.717, 1.165) is 67.8 Å². The van der Waals surface area contributed by atoms with E-state index in [-0.39, 0.29) is 5.91 Å². The van der Waals surface area contributed by atoms with E-state index < -0.39 is 0 Å². The molecule has 198 valence electrons. The number of nitrogens with zero attached hydrogens (tertiary/aromatic N) is 4. The predicted molar refractivity (Wildman–Crippen MR) is 158 cm³/mol. The first kappa shape index (κ1) is 26.4. The predicted octanol–water partition coefficient (Wildman–Crippen LogP) is 5.58. The molecule has 0 aromatic heterocycles. The molecule has 3 aromatic rings. The average Bonchev–Trinajstić information content (AvgIpc) is 2.98. The van der Waals surface area contributed by atoms with Crippen molar-refractivity contribution >= 4 is 17.3 Å². The fourth-order valence-corrected chi connectivity index (χ4v) is 6.01. The second-order valence-electron chi connectivity index (χ2n) is 10.8. The molecule has 5 nitrogen and oxygen atoms in total. The minimum absolute atomic E-state index is 0.116. The van der Waals surface area contributed by atoms with Gasteiger partial charge in [-0.2, -0.15) is 5.26 Å². The van der Waals surface area contributed by atoms with Crippen molar-refractivity contribution in [2.75, 3.05) is 49.1 Å². The number of para-hydroxylation sites is 1. The maximum absolute atomic E-state index is 13.6. The average molecular weight is 517 g/mol. The topological polar surface area (TPSA) is 50.6 Å². The van der Waals surface area contributed by atoms with Crippen molar-refractivity contribution in [2.45, 2.75) is 33.1 Å². The largest absolute Gasteiger partial charge is 0.371 e. The number of anilines is 2. The standard InChI is InChI=1S/C34H36N4O/c1-4-27-8-7-10-31(22-27)36-14-12-28(13-15-36)21-30-23-32(26(3)20-25(30)2)34(39)38-18-16-37(17-19-38)33-11-6-5-9-29(33)24-35/h1,5-11,20,22-23,28H,12-19,21H2,2-3H3. The van der Waals surface area contributed by atoms with Crippen LogP contribution >= 0.6 is 0 Å². The van der Waals surface area contributed by atoms with Crippen molar-refractivity contribution < 1.29 is 4.79 Å². The molecule has 0 radical (unpaired) electrons. The second-order valence-corrected chi connectivity index (χ2v) is 10.8. The van der Waals surface area contributed by atoms with E-state index in [2.05, 4.69) is 53.0 Å². The first-order chi connectivity index (χ1) is 19.0. The molecule has 2 aliphatic heterocycles. The van der Waals surface area contributed by atoms with E-state index in [1.54, 1.807) is 0 Å². The van der Waals surface area contributed by atoms with Crippen LogP contribution in [0.25, 0.3) is 0 Å². The van der Waals surface area contributed by atoms with E-state index in [4.69, 9.17) is 6.42 Å². The Morgan fingerprint density at radius 2 is 1.64 bits per heavy atom. The number of amides is 1. The number of carbonyl (C=O) groups is 1. The van der Waals surface area contributed by atoms with Crippen molar-refractivity contribution in [2.24, 2.45) is 5.92 Å². The number of hydrogen-bond donors (Lipinski definition) is 0. The quantitative estimate of drug-likeness (QED) is 0.416. The molecule has 0 spiro atoms. The van der Waals surface area contributed by atoms with Crippen LogP contribution in [0.4, 0.5) is 11.4 Å². The lowest BCUT2D eigenvalue weighted by atomic mass is 9.86. The summed E-state index contributed by atoms with van der Waals surface area (Å²) in [6, 6.07) is 22.6. The maximum atomic E-state index is 13.6. The van der Waals surface area contributed by atoms with E-state index >= 15 is 0 Å². The SMILES string of the molecule is C#Cc1cccc(N2CCC(Cc3cc(C(=O)N4CCN(c5ccccc5C#N)CC4)c(C)cc3C)CC2)c1. The Balaban J connectivity index is 1.22. The van der Waals surface area contributed by atoms with Crippen molar-refractivity contribution in [1.29, 1.82) is 5.26 Å². The Morgan fingerprint density at radius 3 is 2.36 bits per heavy atom. The van der Waals surface area contributed by atoms with Crippen LogP contribution in [0.3, 0.4) is 0 Å². The van der Waals surface area contributed by atoms with Gasteiger partial charge in [-0.05, 0) is 92.1 Å². The highest BCUT2D eigenvalue weighted by molar-refractivity contribution is 5.96. The number of terminal acetylenes is 1. The van der Waals surface area contributed by atoms with E-state index in [1.165, 1.54) is 16.8 Å². The normalized spacial score (nSPS) is 16.1. The first-order valence-electron chi connectivity index (χ1n) is 13.9. The summed E-state index contributed by atoms with van der Waals surface area (Å²) in [6.45, 7) is 9.02. The Hall–Kier alpha value is -4.22. The zero-order valence-corrected chi connectivity index (χ0v) is 23.0. The molecule has 0 unspecified atom stereocenters. The van der Waals surface area contributed by atoms with Gasteiger partial charge >= 0.3 is 0 Å². The molecule has 2 heterocycles. The molecule has 2 saturated heterocycles. The summed E-state index contributed by atoms with van der Waals surface area (Å²) in [5.74, 6) is 3.46. The molecule has 0 bridgehead atoms. The van der Waals surface area contributed by atoms with Gasteiger partial charge in [0, 0.05) is 56.1 Å². The number of hydrogen-bond acceptors (Lipinski definition) is 4. The molecule has 3 aromatic carbocycles. The lowest BCUT2D eigenvalue weighted by Crippen LogP contribution is -2.49. The highest BCUT2D eigenvalue weighted by Crippen LogP contribution is 2.29. The van der Waals surface area contributed by atoms with Crippen LogP contribution in [0, 0.1) is 43.4 Å². The van der Waals surface area contributed by atoms with Crippen molar-refractivity contribution in [1.82, 2.24) is 4.90 Å². The van der Waals surface area contributed by atoms with Gasteiger partial charge in [-0.15, -0.1) is 6.42 Å². The third-order valence-electron chi connectivity index (χ3n) is 8.35. The van der Waals surface area contributed by atoms with Gasteiger partial charge in [-0.1, -0.05) is 30.2 Å². The van der Waals surface area contributed by atoms with Crippen molar-refractivity contribution in [3.63, 3.8) is 0 Å². The van der Waals surface area contributed by atoms with Gasteiger partial charge in [-0.3, -0.25) is 4.79 Å². The van der Waals surface area contributed by atoms with Gasteiger partial charge in [0.15, 0.2) is 0 Å². The number of carbonyl (C=O) groups excluding carboxylic acids is 1. The number of aryl methyl sites for hydroxylation is 2. The highest BCUT2D eigenvalue weighted by atomic mass is 16.2. The number of nitriles is 1. The van der Waals surface area contributed by atoms with Crippen LogP contribution in [0.2, 0.25) is 0 Å². The van der Waals surface area contributed by atoms with Gasteiger partial charge in [-0.25, -0.2) is 0 Å². The zero-order chi connectivity index (χ0) is 27.4. The second kappa shape index (κ2) is 11.7. The van der Waals surface area contributed by atoms with Crippen molar-refractivity contribution in [3.05, 3.63) is 94.0 Å². The summed E-state index contributed by atoms with van der Waals surface area (Å²) >= 11 is 0. The monoisotopic (exact) mass is 516 g/mol. The number of piperidine rings is 1. The van der Waals surface area contributed by atoms with E-state index in [0.29, 0.717) is 24.6 Å².